The molecule has 1 aromatic carbocycles. The van der Waals surface area contributed by atoms with E-state index in [0.717, 1.165) is 0 Å². The standard InChI is InChI=1S/C15H15ClFN3O2S/c1-7(2)20-14-12(15(22)19-20)13(23-6-11(21)18-14)8-3-4-10(17)9(16)5-8/h3-5,7,13H,6H2,1-2H3,(H,18,21)(H,19,22)/t13-/m0/s1. The Morgan fingerprint density at radius 1 is 1.39 bits per heavy atom. The van der Waals surface area contributed by atoms with Crippen LogP contribution < -0.4 is 10.9 Å². The van der Waals surface area contributed by atoms with E-state index >= 15 is 0 Å². The maximum Gasteiger partial charge on any atom is 0.270 e. The average molecular weight is 356 g/mol. The molecule has 8 heteroatoms. The number of nitrogens with one attached hydrogen (secondary N) is 2. The quantitative estimate of drug-likeness (QED) is 0.868. The number of carbonyl (C=O) groups is 1. The minimum Gasteiger partial charge on any atom is -0.310 e. The summed E-state index contributed by atoms with van der Waals surface area (Å²) in [6, 6.07) is 4.34. The zero-order valence-corrected chi connectivity index (χ0v) is 14.1. The van der Waals surface area contributed by atoms with Crippen LogP contribution in [0.15, 0.2) is 23.0 Å². The molecule has 23 heavy (non-hydrogen) atoms. The number of thioether (sulfide) groups is 1. The van der Waals surface area contributed by atoms with E-state index in [-0.39, 0.29) is 28.3 Å². The number of rotatable bonds is 2. The fourth-order valence-corrected chi connectivity index (χ4v) is 3.87. The summed E-state index contributed by atoms with van der Waals surface area (Å²) >= 11 is 7.18. The molecule has 2 N–H and O–H groups in total. The molecule has 0 radical (unpaired) electrons. The smallest absolute Gasteiger partial charge is 0.270 e. The molecule has 1 atom stereocenters. The second-order valence-electron chi connectivity index (χ2n) is 5.58. The molecule has 2 heterocycles. The Kier molecular flexibility index (Phi) is 4.25. The Bertz CT molecular complexity index is 831. The zero-order chi connectivity index (χ0) is 16.7. The molecule has 1 amide bonds. The van der Waals surface area contributed by atoms with Gasteiger partial charge in [0.05, 0.1) is 21.6 Å². The number of aromatic amines is 1. The van der Waals surface area contributed by atoms with Gasteiger partial charge in [-0.2, -0.15) is 0 Å². The largest absolute Gasteiger partial charge is 0.310 e. The van der Waals surface area contributed by atoms with E-state index in [2.05, 4.69) is 10.4 Å². The third kappa shape index (κ3) is 2.90. The first kappa shape index (κ1) is 16.1. The molecule has 3 rings (SSSR count). The van der Waals surface area contributed by atoms with Crippen molar-refractivity contribution in [3.05, 3.63) is 50.5 Å². The maximum absolute atomic E-state index is 13.4. The summed E-state index contributed by atoms with van der Waals surface area (Å²) in [5, 5.41) is 5.13. The van der Waals surface area contributed by atoms with Crippen molar-refractivity contribution in [2.24, 2.45) is 0 Å². The van der Waals surface area contributed by atoms with Crippen LogP contribution in [-0.4, -0.2) is 21.4 Å². The highest BCUT2D eigenvalue weighted by atomic mass is 35.5. The zero-order valence-electron chi connectivity index (χ0n) is 12.5. The summed E-state index contributed by atoms with van der Waals surface area (Å²) in [6.07, 6.45) is 0. The van der Waals surface area contributed by atoms with E-state index < -0.39 is 11.1 Å². The molecule has 0 aliphatic carbocycles. The topological polar surface area (TPSA) is 66.9 Å². The van der Waals surface area contributed by atoms with E-state index in [1.807, 2.05) is 13.8 Å². The lowest BCUT2D eigenvalue weighted by atomic mass is 10.1. The van der Waals surface area contributed by atoms with E-state index in [1.54, 1.807) is 10.7 Å². The Balaban J connectivity index is 2.18. The van der Waals surface area contributed by atoms with Crippen LogP contribution in [0.2, 0.25) is 5.02 Å². The first-order valence-corrected chi connectivity index (χ1v) is 8.52. The lowest BCUT2D eigenvalue weighted by Gasteiger charge is -2.15. The summed E-state index contributed by atoms with van der Waals surface area (Å²) in [5.41, 5.74) is 0.872. The van der Waals surface area contributed by atoms with Gasteiger partial charge in [-0.25, -0.2) is 4.39 Å². The molecule has 122 valence electrons. The Morgan fingerprint density at radius 2 is 2.13 bits per heavy atom. The fourth-order valence-electron chi connectivity index (χ4n) is 2.57. The summed E-state index contributed by atoms with van der Waals surface area (Å²) in [6.45, 7) is 3.81. The molecular weight excluding hydrogens is 341 g/mol. The van der Waals surface area contributed by atoms with Crippen molar-refractivity contribution >= 4 is 35.1 Å². The molecule has 5 nitrogen and oxygen atoms in total. The second-order valence-corrected chi connectivity index (χ2v) is 7.08. The van der Waals surface area contributed by atoms with Gasteiger partial charge in [-0.15, -0.1) is 11.8 Å². The first-order valence-electron chi connectivity index (χ1n) is 7.09. The number of halogens is 2. The van der Waals surface area contributed by atoms with Crippen LogP contribution in [0.4, 0.5) is 10.2 Å². The summed E-state index contributed by atoms with van der Waals surface area (Å²) in [7, 11) is 0. The van der Waals surface area contributed by atoms with Crippen LogP contribution in [0, 0.1) is 5.82 Å². The van der Waals surface area contributed by atoms with Crippen molar-refractivity contribution in [1.82, 2.24) is 9.78 Å². The molecule has 0 fully saturated rings. The van der Waals surface area contributed by atoms with Gasteiger partial charge in [0, 0.05) is 6.04 Å². The average Bonchev–Trinajstić information content (AvgIpc) is 2.70. The van der Waals surface area contributed by atoms with Crippen LogP contribution in [-0.2, 0) is 4.79 Å². The maximum atomic E-state index is 13.4. The first-order chi connectivity index (χ1) is 10.9. The number of carbonyl (C=O) groups excluding carboxylic acids is 1. The highest BCUT2D eigenvalue weighted by molar-refractivity contribution is 8.00. The van der Waals surface area contributed by atoms with Gasteiger partial charge in [-0.3, -0.25) is 19.4 Å². The number of benzene rings is 1. The lowest BCUT2D eigenvalue weighted by molar-refractivity contribution is -0.113. The van der Waals surface area contributed by atoms with Crippen LogP contribution >= 0.6 is 23.4 Å². The van der Waals surface area contributed by atoms with Crippen molar-refractivity contribution in [3.8, 4) is 0 Å². The second kappa shape index (κ2) is 6.05. The number of H-pyrrole nitrogens is 1. The highest BCUT2D eigenvalue weighted by Crippen LogP contribution is 2.41. The molecule has 0 saturated carbocycles. The third-order valence-corrected chi connectivity index (χ3v) is 5.19. The molecule has 0 bridgehead atoms. The Morgan fingerprint density at radius 3 is 2.78 bits per heavy atom. The predicted octanol–water partition coefficient (Wildman–Crippen LogP) is 3.32. The van der Waals surface area contributed by atoms with Crippen LogP contribution in [0.1, 0.15) is 36.3 Å². The van der Waals surface area contributed by atoms with Crippen molar-refractivity contribution in [1.29, 1.82) is 0 Å². The number of fused-ring (bicyclic) bond motifs is 1. The van der Waals surface area contributed by atoms with Crippen LogP contribution in [0.3, 0.4) is 0 Å². The van der Waals surface area contributed by atoms with E-state index in [9.17, 15) is 14.0 Å². The number of hydrogen-bond donors (Lipinski definition) is 2. The molecule has 1 aliphatic rings. The van der Waals surface area contributed by atoms with E-state index in [1.165, 1.54) is 23.9 Å². The Labute approximate surface area is 141 Å². The molecular formula is C15H15ClFN3O2S. The summed E-state index contributed by atoms with van der Waals surface area (Å²) in [5.74, 6) is -0.0331. The fraction of sp³-hybridized carbons (Fsp3) is 0.333. The predicted molar refractivity (Wildman–Crippen MR) is 89.8 cm³/mol. The van der Waals surface area contributed by atoms with Gasteiger partial charge < -0.3 is 5.32 Å². The van der Waals surface area contributed by atoms with Gasteiger partial charge in [0.2, 0.25) is 5.91 Å². The SMILES string of the molecule is CC(C)n1[nH]c(=O)c2c1NC(=O)CS[C@H]2c1ccc(F)c(Cl)c1. The van der Waals surface area contributed by atoms with E-state index in [4.69, 9.17) is 11.6 Å². The summed E-state index contributed by atoms with van der Waals surface area (Å²) in [4.78, 5) is 24.4. The normalized spacial score (nSPS) is 17.8. The van der Waals surface area contributed by atoms with Crippen molar-refractivity contribution < 1.29 is 9.18 Å². The highest BCUT2D eigenvalue weighted by Gasteiger charge is 2.31. The third-order valence-electron chi connectivity index (χ3n) is 3.63. The van der Waals surface area contributed by atoms with Crippen molar-refractivity contribution in [2.45, 2.75) is 25.1 Å². The number of anilines is 1. The summed E-state index contributed by atoms with van der Waals surface area (Å²) < 4.78 is 15.1. The van der Waals surface area contributed by atoms with Gasteiger partial charge >= 0.3 is 0 Å². The number of nitrogens with zero attached hydrogens (tertiary/aromatic N) is 1. The van der Waals surface area contributed by atoms with Crippen molar-refractivity contribution in [2.75, 3.05) is 11.1 Å². The molecule has 1 aliphatic heterocycles. The van der Waals surface area contributed by atoms with Crippen molar-refractivity contribution in [3.63, 3.8) is 0 Å². The molecule has 0 spiro atoms. The minimum atomic E-state index is -0.517. The molecule has 0 unspecified atom stereocenters. The molecule has 0 saturated heterocycles. The van der Waals surface area contributed by atoms with Crippen LogP contribution in [0.25, 0.3) is 0 Å². The number of hydrogen-bond acceptors (Lipinski definition) is 3. The minimum absolute atomic E-state index is 0.00657. The van der Waals surface area contributed by atoms with Gasteiger partial charge in [0.1, 0.15) is 11.6 Å². The number of amides is 1. The Hall–Kier alpha value is -1.73. The number of aromatic nitrogens is 2. The van der Waals surface area contributed by atoms with Gasteiger partial charge in [0.25, 0.3) is 5.56 Å². The molecule has 1 aromatic heterocycles. The van der Waals surface area contributed by atoms with Gasteiger partial charge in [-0.1, -0.05) is 17.7 Å². The van der Waals surface area contributed by atoms with Gasteiger partial charge in [-0.05, 0) is 31.5 Å². The monoisotopic (exact) mass is 355 g/mol. The van der Waals surface area contributed by atoms with Crippen LogP contribution in [0.5, 0.6) is 0 Å². The van der Waals surface area contributed by atoms with Gasteiger partial charge in [0.15, 0.2) is 0 Å². The molecule has 2 aromatic rings. The lowest BCUT2D eigenvalue weighted by Crippen LogP contribution is -2.17. The van der Waals surface area contributed by atoms with E-state index in [0.29, 0.717) is 16.9 Å².